The first-order valence-corrected chi connectivity index (χ1v) is 9.56. The van der Waals surface area contributed by atoms with Crippen molar-refractivity contribution in [2.45, 2.75) is 32.1 Å². The molecule has 1 aromatic rings. The second-order valence-electron chi connectivity index (χ2n) is 6.27. The highest BCUT2D eigenvalue weighted by Gasteiger charge is 2.43. The molecule has 4 nitrogen and oxygen atoms in total. The summed E-state index contributed by atoms with van der Waals surface area (Å²) < 4.78 is 27.6. The highest BCUT2D eigenvalue weighted by molar-refractivity contribution is 9.11. The van der Waals surface area contributed by atoms with E-state index in [-0.39, 0.29) is 35.1 Å². The lowest BCUT2D eigenvalue weighted by Crippen LogP contribution is -2.33. The summed E-state index contributed by atoms with van der Waals surface area (Å²) in [6.45, 7) is 6.32. The van der Waals surface area contributed by atoms with Gasteiger partial charge in [0.15, 0.2) is 0 Å². The van der Waals surface area contributed by atoms with E-state index in [0.717, 1.165) is 8.78 Å². The molecule has 1 unspecified atom stereocenters. The molecule has 7 heteroatoms. The fraction of sp³-hybridized carbons (Fsp3) is 0.500. The van der Waals surface area contributed by atoms with Crippen molar-refractivity contribution in [3.05, 3.63) is 27.1 Å². The smallest absolute Gasteiger partial charge is 0.267 e. The third-order valence-corrected chi connectivity index (χ3v) is 7.03. The average molecular weight is 439 g/mol. The quantitative estimate of drug-likeness (QED) is 0.705. The van der Waals surface area contributed by atoms with Gasteiger partial charge in [0.2, 0.25) is 5.91 Å². The molecule has 1 atom stereocenters. The number of benzene rings is 1. The largest absolute Gasteiger partial charge is 0.274 e. The lowest BCUT2D eigenvalue weighted by molar-refractivity contribution is -0.123. The van der Waals surface area contributed by atoms with Crippen molar-refractivity contribution in [3.63, 3.8) is 0 Å². The molecule has 0 bridgehead atoms. The monoisotopic (exact) mass is 437 g/mol. The fourth-order valence-corrected chi connectivity index (χ4v) is 5.46. The number of carbonyl (C=O) groups is 1. The Bertz CT molecular complexity index is 680. The molecule has 1 fully saturated rings. The lowest BCUT2D eigenvalue weighted by Gasteiger charge is -2.26. The van der Waals surface area contributed by atoms with Gasteiger partial charge in [-0.3, -0.25) is 4.79 Å². The van der Waals surface area contributed by atoms with Gasteiger partial charge in [-0.25, -0.2) is 12.7 Å². The minimum Gasteiger partial charge on any atom is -0.274 e. The van der Waals surface area contributed by atoms with Crippen molar-refractivity contribution >= 4 is 47.8 Å². The van der Waals surface area contributed by atoms with Crippen LogP contribution in [0.2, 0.25) is 0 Å². The predicted molar refractivity (Wildman–Crippen MR) is 88.3 cm³/mol. The van der Waals surface area contributed by atoms with E-state index in [1.807, 2.05) is 20.8 Å². The van der Waals surface area contributed by atoms with E-state index in [9.17, 15) is 13.2 Å². The van der Waals surface area contributed by atoms with Gasteiger partial charge in [-0.2, -0.15) is 0 Å². The molecule has 2 rings (SSSR count). The van der Waals surface area contributed by atoms with Gasteiger partial charge in [0.25, 0.3) is 10.0 Å². The number of rotatable bonds is 2. The van der Waals surface area contributed by atoms with Gasteiger partial charge in [0, 0.05) is 21.9 Å². The van der Waals surface area contributed by atoms with Gasteiger partial charge in [-0.1, -0.05) is 36.7 Å². The van der Waals surface area contributed by atoms with Crippen LogP contribution in [0.5, 0.6) is 0 Å². The molecule has 116 valence electrons. The zero-order valence-corrected chi connectivity index (χ0v) is 16.0. The Kier molecular flexibility index (Phi) is 4.57. The fourth-order valence-electron chi connectivity index (χ4n) is 2.29. The Morgan fingerprint density at radius 1 is 1.24 bits per heavy atom. The summed E-state index contributed by atoms with van der Waals surface area (Å²) in [6.07, 6.45) is 0.275. The SMILES string of the molecule is CC(C)(C)C1CC(=O)N(S(=O)(=O)c2ccc(Br)cc2Br)C1. The summed E-state index contributed by atoms with van der Waals surface area (Å²) in [5.41, 5.74) is -0.100. The van der Waals surface area contributed by atoms with Crippen LogP contribution in [0, 0.1) is 11.3 Å². The van der Waals surface area contributed by atoms with Crippen LogP contribution in [0.4, 0.5) is 0 Å². The topological polar surface area (TPSA) is 54.5 Å². The molecule has 0 aromatic heterocycles. The Hall–Kier alpha value is -0.400. The number of sulfonamides is 1. The van der Waals surface area contributed by atoms with Crippen molar-refractivity contribution in [2.75, 3.05) is 6.54 Å². The van der Waals surface area contributed by atoms with Crippen molar-refractivity contribution in [1.82, 2.24) is 4.31 Å². The van der Waals surface area contributed by atoms with Crippen molar-refractivity contribution in [2.24, 2.45) is 11.3 Å². The molecule has 1 aliphatic heterocycles. The molecule has 1 aromatic carbocycles. The minimum absolute atomic E-state index is 0.0361. The van der Waals surface area contributed by atoms with E-state index in [0.29, 0.717) is 4.47 Å². The van der Waals surface area contributed by atoms with E-state index >= 15 is 0 Å². The molecule has 21 heavy (non-hydrogen) atoms. The Morgan fingerprint density at radius 3 is 2.33 bits per heavy atom. The molecule has 0 spiro atoms. The van der Waals surface area contributed by atoms with E-state index in [4.69, 9.17) is 0 Å². The molecule has 0 aliphatic carbocycles. The number of amides is 1. The normalized spacial score (nSPS) is 20.1. The Morgan fingerprint density at radius 2 is 1.86 bits per heavy atom. The molecular weight excluding hydrogens is 422 g/mol. The zero-order valence-electron chi connectivity index (χ0n) is 12.1. The van der Waals surface area contributed by atoms with Crippen molar-refractivity contribution < 1.29 is 13.2 Å². The van der Waals surface area contributed by atoms with E-state index in [1.165, 1.54) is 6.07 Å². The number of hydrogen-bond donors (Lipinski definition) is 0. The summed E-state index contributed by atoms with van der Waals surface area (Å²) in [5.74, 6) is -0.293. The van der Waals surface area contributed by atoms with Crippen LogP contribution in [0.3, 0.4) is 0 Å². The Balaban J connectivity index is 2.39. The van der Waals surface area contributed by atoms with Crippen LogP contribution in [0.15, 0.2) is 32.0 Å². The van der Waals surface area contributed by atoms with Crippen LogP contribution < -0.4 is 0 Å². The maximum atomic E-state index is 12.7. The number of halogens is 2. The van der Waals surface area contributed by atoms with E-state index in [1.54, 1.807) is 12.1 Å². The third kappa shape index (κ3) is 3.35. The standard InChI is InChI=1S/C14H17Br2NO3S/c1-14(2,3)9-6-13(18)17(8-9)21(19,20)12-5-4-10(15)7-11(12)16/h4-5,7,9H,6,8H2,1-3H3. The van der Waals surface area contributed by atoms with Gasteiger partial charge >= 0.3 is 0 Å². The molecule has 0 radical (unpaired) electrons. The second kappa shape index (κ2) is 5.66. The molecular formula is C14H17Br2NO3S. The van der Waals surface area contributed by atoms with Crippen LogP contribution in [-0.4, -0.2) is 25.2 Å². The molecule has 1 saturated heterocycles. The maximum Gasteiger partial charge on any atom is 0.267 e. The average Bonchev–Trinajstić information content (AvgIpc) is 2.71. The zero-order chi connectivity index (χ0) is 16.0. The van der Waals surface area contributed by atoms with Crippen molar-refractivity contribution in [1.29, 1.82) is 0 Å². The first-order valence-electron chi connectivity index (χ1n) is 6.54. The summed E-state index contributed by atoms with van der Waals surface area (Å²) in [7, 11) is -3.81. The maximum absolute atomic E-state index is 12.7. The van der Waals surface area contributed by atoms with Gasteiger partial charge in [-0.15, -0.1) is 0 Å². The number of carbonyl (C=O) groups excluding carboxylic acids is 1. The lowest BCUT2D eigenvalue weighted by atomic mass is 9.80. The van der Waals surface area contributed by atoms with Crippen LogP contribution in [-0.2, 0) is 14.8 Å². The Labute approximate surface area is 142 Å². The van der Waals surface area contributed by atoms with Gasteiger partial charge in [0.05, 0.1) is 0 Å². The molecule has 0 saturated carbocycles. The van der Waals surface area contributed by atoms with Crippen LogP contribution in [0.1, 0.15) is 27.2 Å². The molecule has 0 N–H and O–H groups in total. The molecule has 1 heterocycles. The summed E-state index contributed by atoms with van der Waals surface area (Å²) >= 11 is 6.55. The summed E-state index contributed by atoms with van der Waals surface area (Å²) in [4.78, 5) is 12.3. The van der Waals surface area contributed by atoms with Gasteiger partial charge in [0.1, 0.15) is 4.90 Å². The minimum atomic E-state index is -3.81. The third-order valence-electron chi connectivity index (χ3n) is 3.77. The predicted octanol–water partition coefficient (Wildman–Crippen LogP) is 3.79. The van der Waals surface area contributed by atoms with E-state index in [2.05, 4.69) is 31.9 Å². The van der Waals surface area contributed by atoms with Crippen molar-refractivity contribution in [3.8, 4) is 0 Å². The molecule has 1 aliphatic rings. The first kappa shape index (κ1) is 17.0. The molecule has 1 amide bonds. The highest BCUT2D eigenvalue weighted by atomic mass is 79.9. The second-order valence-corrected chi connectivity index (χ2v) is 9.87. The van der Waals surface area contributed by atoms with Crippen LogP contribution >= 0.6 is 31.9 Å². The van der Waals surface area contributed by atoms with Gasteiger partial charge < -0.3 is 0 Å². The highest BCUT2D eigenvalue weighted by Crippen LogP contribution is 2.38. The summed E-state index contributed by atoms with van der Waals surface area (Å²) in [6, 6.07) is 4.81. The number of hydrogen-bond acceptors (Lipinski definition) is 3. The first-order chi connectivity index (χ1) is 9.53. The van der Waals surface area contributed by atoms with Crippen LogP contribution in [0.25, 0.3) is 0 Å². The number of nitrogens with zero attached hydrogens (tertiary/aromatic N) is 1. The summed E-state index contributed by atoms with van der Waals surface area (Å²) in [5, 5.41) is 0. The van der Waals surface area contributed by atoms with Gasteiger partial charge in [-0.05, 0) is 45.5 Å². The van der Waals surface area contributed by atoms with E-state index < -0.39 is 10.0 Å².